The molecule has 0 N–H and O–H groups in total. The van der Waals surface area contributed by atoms with Crippen LogP contribution in [0, 0.1) is 0 Å². The van der Waals surface area contributed by atoms with Crippen molar-refractivity contribution in [1.82, 2.24) is 4.31 Å². The maximum atomic E-state index is 13.4. The number of anilines is 2. The van der Waals surface area contributed by atoms with Crippen LogP contribution in [0.15, 0.2) is 53.4 Å². The monoisotopic (exact) mass is 443 g/mol. The molecule has 0 bridgehead atoms. The third kappa shape index (κ3) is 4.15. The van der Waals surface area contributed by atoms with Crippen molar-refractivity contribution in [3.63, 3.8) is 0 Å². The molecule has 9 heteroatoms. The number of hydrogen-bond acceptors (Lipinski definition) is 6. The Labute approximate surface area is 182 Å². The van der Waals surface area contributed by atoms with Crippen LogP contribution >= 0.6 is 0 Å². The molecule has 2 aromatic rings. The minimum atomic E-state index is -3.87. The molecule has 2 aliphatic heterocycles. The number of benzene rings is 2. The number of amides is 2. The third-order valence-electron chi connectivity index (χ3n) is 5.66. The molecule has 164 valence electrons. The van der Waals surface area contributed by atoms with Crippen LogP contribution in [0.2, 0.25) is 0 Å². The molecule has 0 unspecified atom stereocenters. The van der Waals surface area contributed by atoms with Crippen LogP contribution in [0.1, 0.15) is 19.3 Å². The summed E-state index contributed by atoms with van der Waals surface area (Å²) in [6.07, 6.45) is 1.05. The molecular weight excluding hydrogens is 418 g/mol. The first kappa shape index (κ1) is 21.3. The van der Waals surface area contributed by atoms with Crippen molar-refractivity contribution in [2.45, 2.75) is 24.2 Å². The van der Waals surface area contributed by atoms with Crippen molar-refractivity contribution < 1.29 is 22.7 Å². The van der Waals surface area contributed by atoms with Gasteiger partial charge in [-0.3, -0.25) is 14.5 Å². The molecule has 2 fully saturated rings. The number of sulfonamides is 1. The van der Waals surface area contributed by atoms with Crippen LogP contribution in [0.25, 0.3) is 0 Å². The Hall–Kier alpha value is -2.91. The average molecular weight is 444 g/mol. The number of rotatable bonds is 5. The number of methoxy groups -OCH3 is 1. The number of ether oxygens (including phenoxy) is 1. The third-order valence-corrected chi connectivity index (χ3v) is 7.58. The molecule has 8 nitrogen and oxygen atoms in total. The lowest BCUT2D eigenvalue weighted by Gasteiger charge is -2.35. The topological polar surface area (TPSA) is 87.2 Å². The summed E-state index contributed by atoms with van der Waals surface area (Å²) in [5.41, 5.74) is 1.32. The largest absolute Gasteiger partial charge is 0.495 e. The van der Waals surface area contributed by atoms with Gasteiger partial charge in [-0.1, -0.05) is 18.2 Å². The summed E-state index contributed by atoms with van der Waals surface area (Å²) in [6, 6.07) is 14.3. The molecular formula is C22H25N3O5S. The number of nitrogens with zero attached hydrogens (tertiary/aromatic N) is 3. The highest BCUT2D eigenvalue weighted by molar-refractivity contribution is 7.89. The van der Waals surface area contributed by atoms with Gasteiger partial charge >= 0.3 is 0 Å². The van der Waals surface area contributed by atoms with Crippen LogP contribution in [0.4, 0.5) is 11.4 Å². The van der Waals surface area contributed by atoms with E-state index in [-0.39, 0.29) is 41.0 Å². The first-order valence-corrected chi connectivity index (χ1v) is 11.7. The van der Waals surface area contributed by atoms with Gasteiger partial charge in [-0.15, -0.1) is 0 Å². The molecule has 2 saturated heterocycles. The smallest absolute Gasteiger partial charge is 0.246 e. The van der Waals surface area contributed by atoms with Gasteiger partial charge in [-0.05, 0) is 36.8 Å². The second-order valence-electron chi connectivity index (χ2n) is 7.54. The first-order chi connectivity index (χ1) is 14.9. The van der Waals surface area contributed by atoms with Crippen LogP contribution in [-0.4, -0.2) is 57.8 Å². The number of imide groups is 1. The number of carbonyl (C=O) groups is 2. The molecule has 2 heterocycles. The van der Waals surface area contributed by atoms with E-state index in [1.165, 1.54) is 23.5 Å². The lowest BCUT2D eigenvalue weighted by Crippen LogP contribution is -2.48. The van der Waals surface area contributed by atoms with Crippen molar-refractivity contribution in [3.8, 4) is 5.75 Å². The van der Waals surface area contributed by atoms with Gasteiger partial charge in [-0.25, -0.2) is 8.42 Å². The van der Waals surface area contributed by atoms with E-state index in [1.54, 1.807) is 6.07 Å². The molecule has 0 saturated carbocycles. The zero-order valence-electron chi connectivity index (χ0n) is 17.4. The summed E-state index contributed by atoms with van der Waals surface area (Å²) in [4.78, 5) is 27.8. The number of hydrogen-bond donors (Lipinski definition) is 0. The summed E-state index contributed by atoms with van der Waals surface area (Å²) < 4.78 is 33.6. The Morgan fingerprint density at radius 3 is 2.10 bits per heavy atom. The molecule has 4 rings (SSSR count). The van der Waals surface area contributed by atoms with E-state index in [1.807, 2.05) is 30.3 Å². The Morgan fingerprint density at radius 2 is 1.48 bits per heavy atom. The van der Waals surface area contributed by atoms with Gasteiger partial charge < -0.3 is 9.64 Å². The van der Waals surface area contributed by atoms with E-state index in [0.717, 1.165) is 10.6 Å². The summed E-state index contributed by atoms with van der Waals surface area (Å²) in [5, 5.41) is 0. The first-order valence-electron chi connectivity index (χ1n) is 10.3. The molecule has 0 radical (unpaired) electrons. The van der Waals surface area contributed by atoms with E-state index in [9.17, 15) is 18.0 Å². The second-order valence-corrected chi connectivity index (χ2v) is 9.44. The highest BCUT2D eigenvalue weighted by Gasteiger charge is 2.33. The summed E-state index contributed by atoms with van der Waals surface area (Å²) >= 11 is 0. The van der Waals surface area contributed by atoms with Crippen LogP contribution in [0.3, 0.4) is 0 Å². The van der Waals surface area contributed by atoms with Gasteiger partial charge in [0.1, 0.15) is 10.6 Å². The Balaban J connectivity index is 1.60. The lowest BCUT2D eigenvalue weighted by molar-refractivity contribution is -0.129. The number of piperidine rings is 1. The van der Waals surface area contributed by atoms with E-state index in [2.05, 4.69) is 4.90 Å². The van der Waals surface area contributed by atoms with Crippen molar-refractivity contribution in [2.75, 3.05) is 43.1 Å². The van der Waals surface area contributed by atoms with Gasteiger partial charge in [0, 0.05) is 44.7 Å². The van der Waals surface area contributed by atoms with Crippen LogP contribution in [-0.2, 0) is 19.6 Å². The molecule has 2 aromatic carbocycles. The minimum Gasteiger partial charge on any atom is -0.495 e. The van der Waals surface area contributed by atoms with Crippen molar-refractivity contribution in [1.29, 1.82) is 0 Å². The standard InChI is InChI=1S/C22H25N3O5S/c1-30-19-11-10-18(25-21(26)8-5-9-22(25)27)16-20(19)31(28,29)24-14-12-23(13-15-24)17-6-3-2-4-7-17/h2-4,6-7,10-11,16H,5,8-9,12-15H2,1H3. The Morgan fingerprint density at radius 1 is 0.839 bits per heavy atom. The predicted octanol–water partition coefficient (Wildman–Crippen LogP) is 2.25. The van der Waals surface area contributed by atoms with Crippen molar-refractivity contribution in [3.05, 3.63) is 48.5 Å². The van der Waals surface area contributed by atoms with E-state index >= 15 is 0 Å². The molecule has 0 atom stereocenters. The highest BCUT2D eigenvalue weighted by atomic mass is 32.2. The summed E-state index contributed by atoms with van der Waals surface area (Å²) in [6.45, 7) is 1.78. The second kappa shape index (κ2) is 8.68. The van der Waals surface area contributed by atoms with E-state index < -0.39 is 10.0 Å². The predicted molar refractivity (Wildman–Crippen MR) is 117 cm³/mol. The van der Waals surface area contributed by atoms with Crippen LogP contribution in [0.5, 0.6) is 5.75 Å². The number of carbonyl (C=O) groups excluding carboxylic acids is 2. The maximum absolute atomic E-state index is 13.4. The highest BCUT2D eigenvalue weighted by Crippen LogP contribution is 2.33. The summed E-state index contributed by atoms with van der Waals surface area (Å²) in [5.74, 6) is -0.450. The zero-order chi connectivity index (χ0) is 22.0. The quantitative estimate of drug-likeness (QED) is 0.659. The fourth-order valence-corrected chi connectivity index (χ4v) is 5.61. The molecule has 2 amide bonds. The molecule has 0 spiro atoms. The van der Waals surface area contributed by atoms with Gasteiger partial charge in [0.05, 0.1) is 12.8 Å². The average Bonchev–Trinajstić information content (AvgIpc) is 2.79. The Kier molecular flexibility index (Phi) is 5.97. The van der Waals surface area contributed by atoms with Crippen molar-refractivity contribution >= 4 is 33.2 Å². The Bertz CT molecular complexity index is 1060. The fraction of sp³-hybridized carbons (Fsp3) is 0.364. The molecule has 2 aliphatic rings. The van der Waals surface area contributed by atoms with Gasteiger partial charge in [0.2, 0.25) is 21.8 Å². The van der Waals surface area contributed by atoms with E-state index in [0.29, 0.717) is 32.6 Å². The molecule has 31 heavy (non-hydrogen) atoms. The summed E-state index contributed by atoms with van der Waals surface area (Å²) in [7, 11) is -2.47. The number of piperazine rings is 1. The normalized spacial score (nSPS) is 18.4. The maximum Gasteiger partial charge on any atom is 0.246 e. The SMILES string of the molecule is COc1ccc(N2C(=O)CCCC2=O)cc1S(=O)(=O)N1CCN(c2ccccc2)CC1. The van der Waals surface area contributed by atoms with Crippen LogP contribution < -0.4 is 14.5 Å². The fourth-order valence-electron chi connectivity index (χ4n) is 4.01. The van der Waals surface area contributed by atoms with Gasteiger partial charge in [0.25, 0.3) is 0 Å². The van der Waals surface area contributed by atoms with E-state index in [4.69, 9.17) is 4.74 Å². The zero-order valence-corrected chi connectivity index (χ0v) is 18.2. The number of para-hydroxylation sites is 1. The molecule has 0 aliphatic carbocycles. The van der Waals surface area contributed by atoms with Gasteiger partial charge in [0.15, 0.2) is 0 Å². The molecule has 0 aromatic heterocycles. The minimum absolute atomic E-state index is 0.0353. The van der Waals surface area contributed by atoms with Gasteiger partial charge in [-0.2, -0.15) is 4.31 Å². The van der Waals surface area contributed by atoms with Crippen molar-refractivity contribution in [2.24, 2.45) is 0 Å². The lowest BCUT2D eigenvalue weighted by atomic mass is 10.1.